The highest BCUT2D eigenvalue weighted by Gasteiger charge is 2.09. The number of carbonyl (C=O) groups is 1. The molecule has 1 heterocycles. The van der Waals surface area contributed by atoms with Crippen molar-refractivity contribution < 1.29 is 9.53 Å². The van der Waals surface area contributed by atoms with Crippen LogP contribution in [-0.4, -0.2) is 12.1 Å². The van der Waals surface area contributed by atoms with Crippen molar-refractivity contribution in [3.63, 3.8) is 0 Å². The minimum atomic E-state index is 0.00888. The predicted octanol–water partition coefficient (Wildman–Crippen LogP) is 9.28. The maximum absolute atomic E-state index is 11.6. The second-order valence-electron chi connectivity index (χ2n) is 13.5. The van der Waals surface area contributed by atoms with Crippen molar-refractivity contribution in [1.29, 1.82) is 0 Å². The number of hydrogen-bond donors (Lipinski definition) is 0. The van der Waals surface area contributed by atoms with Crippen LogP contribution in [-0.2, 0) is 9.53 Å². The highest BCUT2D eigenvalue weighted by atomic mass is 16.5. The van der Waals surface area contributed by atoms with Gasteiger partial charge in [-0.3, -0.25) is 46.2 Å². The van der Waals surface area contributed by atoms with Gasteiger partial charge in [-0.1, -0.05) is 82.5 Å². The minimum Gasteiger partial charge on any atom is -0.697 e. The first-order valence-electron chi connectivity index (χ1n) is 25.6. The highest BCUT2D eigenvalue weighted by molar-refractivity contribution is 5.69. The number of esters is 1. The van der Waals surface area contributed by atoms with Gasteiger partial charge in [0.05, 0.1) is 6.10 Å². The Bertz CT molecular complexity index is 4040. The van der Waals surface area contributed by atoms with E-state index in [1.54, 1.807) is 27.7 Å². The molecule has 0 aromatic heterocycles. The second-order valence-corrected chi connectivity index (χ2v) is 13.5. The zero-order chi connectivity index (χ0) is 68.7. The molecule has 0 bridgehead atoms. The Morgan fingerprint density at radius 3 is 0.733 bits per heavy atom. The average molecular weight is 1140 g/mol. The van der Waals surface area contributed by atoms with E-state index in [2.05, 4.69) is 348 Å². The standard InChI is InChI=1S/C16H30O2.C16H5.C14H.C12H5.C10H.C8H5.C6H.C4H5.C2H/c1-15-13-11-9-7-5-3-2-4-6-8-10-12-14-16(17)18-15;1-3-5-7-9-11-13-15-16-14-12-10-8-6-4-2;1-3-5-7-9-11-13-14-12-10-8-6-4-2;1-3-5-7-9-11-12-10-8-6-4-2;1-3-5-7-9-10-8-6-4-2;1-3-5-7-8-6-4-2;1-3-5-6-4-2;1-3-4-2;1-2/h15H,2-14H2,1H3;1H2,2H3;1H;1H2,2H3;1H;1H2,2H3;1H;1H2,2H3;1H/q;8*-1/t15-;;;;;;;;/m1......../s1. The Morgan fingerprint density at radius 2 is 0.511 bits per heavy atom. The molecule has 0 radical (unpaired) electrons. The van der Waals surface area contributed by atoms with Gasteiger partial charge in [-0.2, -0.15) is 27.7 Å². The third-order valence-electron chi connectivity index (χ3n) is 7.30. The summed E-state index contributed by atoms with van der Waals surface area (Å²) in [5.74, 6) is 134. The number of terminal acetylenes is 4. The SMILES string of the molecule is C[C@@H]1CCCCCCCCCCCCCC(=O)O1.[C-]#C.[C-]#CC#CC#C.[C-]#CC#CC#CC#CC#C.[C-]#CC#CC#CC#CC#CC#CC#C.[CH2-]C#CC.[CH2-]C#CC#CC#CC.[CH2-]C#CC#CC#CC#CC#CC.[CH2-]C#CC#CC#CC#CC#CC#CC#CC. The molecule has 1 saturated heterocycles. The van der Waals surface area contributed by atoms with E-state index in [4.69, 9.17) is 43.3 Å². The van der Waals surface area contributed by atoms with E-state index in [0.717, 1.165) is 12.8 Å². The van der Waals surface area contributed by atoms with E-state index in [9.17, 15) is 4.79 Å². The zero-order valence-electron chi connectivity index (χ0n) is 51.2. The van der Waals surface area contributed by atoms with Crippen LogP contribution in [0.15, 0.2) is 0 Å². The molecule has 0 aromatic carbocycles. The molecular formula is C88H54O2-8. The number of hydrogen-bond acceptors (Lipinski definition) is 2. The highest BCUT2D eigenvalue weighted by Crippen LogP contribution is 2.15. The van der Waals surface area contributed by atoms with Gasteiger partial charge in [-0.05, 0) is 242 Å². The Morgan fingerprint density at radius 1 is 0.311 bits per heavy atom. The largest absolute Gasteiger partial charge is 0.697 e. The van der Waals surface area contributed by atoms with Crippen LogP contribution in [0.2, 0.25) is 0 Å². The second kappa shape index (κ2) is 106. The molecule has 1 aliphatic heterocycles. The molecule has 0 N–H and O–H groups in total. The number of carbonyl (C=O) groups excluding carboxylic acids is 1. The first kappa shape index (κ1) is 91.4. The van der Waals surface area contributed by atoms with Gasteiger partial charge in [0.25, 0.3) is 0 Å². The molecule has 1 fully saturated rings. The van der Waals surface area contributed by atoms with Gasteiger partial charge in [0.2, 0.25) is 0 Å². The van der Waals surface area contributed by atoms with Gasteiger partial charge >= 0.3 is 5.97 Å². The predicted molar refractivity (Wildman–Crippen MR) is 370 cm³/mol. The topological polar surface area (TPSA) is 26.3 Å². The lowest BCUT2D eigenvalue weighted by atomic mass is 10.0. The molecule has 1 aliphatic rings. The lowest BCUT2D eigenvalue weighted by Gasteiger charge is -2.13. The van der Waals surface area contributed by atoms with Gasteiger partial charge in [0.15, 0.2) is 0 Å². The smallest absolute Gasteiger partial charge is 0.306 e. The van der Waals surface area contributed by atoms with E-state index in [0.29, 0.717) is 6.42 Å². The van der Waals surface area contributed by atoms with Crippen molar-refractivity contribution in [2.24, 2.45) is 0 Å². The molecule has 0 unspecified atom stereocenters. The van der Waals surface area contributed by atoms with Gasteiger partial charge in [0.1, 0.15) is 0 Å². The maximum atomic E-state index is 11.6. The molecule has 2 nitrogen and oxygen atoms in total. The molecule has 0 amide bonds. The normalized spacial score (nSPS) is 8.10. The van der Waals surface area contributed by atoms with Crippen LogP contribution in [0, 0.1) is 411 Å². The molecule has 1 rings (SSSR count). The Labute approximate surface area is 547 Å². The molecule has 0 aliphatic carbocycles. The summed E-state index contributed by atoms with van der Waals surface area (Å²) in [5, 5.41) is 0. The van der Waals surface area contributed by atoms with Crippen molar-refractivity contribution in [1.82, 2.24) is 0 Å². The van der Waals surface area contributed by atoms with Crippen LogP contribution in [0.1, 0.15) is 118 Å². The van der Waals surface area contributed by atoms with Crippen molar-refractivity contribution in [2.75, 3.05) is 0 Å². The number of cyclic esters (lactones) is 1. The summed E-state index contributed by atoms with van der Waals surface area (Å²) >= 11 is 0. The summed E-state index contributed by atoms with van der Waals surface area (Å²) in [6, 6.07) is 0. The van der Waals surface area contributed by atoms with Gasteiger partial charge in [-0.25, -0.2) is 35.5 Å². The van der Waals surface area contributed by atoms with Crippen molar-refractivity contribution in [2.45, 2.75) is 124 Å². The molecule has 1 atom stereocenters. The fourth-order valence-corrected chi connectivity index (χ4v) is 4.09. The third kappa shape index (κ3) is 130. The van der Waals surface area contributed by atoms with E-state index >= 15 is 0 Å². The maximum Gasteiger partial charge on any atom is 0.306 e. The van der Waals surface area contributed by atoms with Gasteiger partial charge < -0.3 is 42.8 Å². The van der Waals surface area contributed by atoms with Crippen molar-refractivity contribution in [3.05, 3.63) is 53.4 Å². The first-order chi connectivity index (χ1) is 44.2. The van der Waals surface area contributed by atoms with Gasteiger partial charge in [0, 0.05) is 6.42 Å². The lowest BCUT2D eigenvalue weighted by molar-refractivity contribution is -0.148. The summed E-state index contributed by atoms with van der Waals surface area (Å²) in [6.07, 6.45) is 58.3. The zero-order valence-corrected chi connectivity index (χ0v) is 51.2. The van der Waals surface area contributed by atoms with E-state index < -0.39 is 0 Å². The van der Waals surface area contributed by atoms with Gasteiger partial charge in [-0.15, -0.1) is 54.8 Å². The van der Waals surface area contributed by atoms with Crippen LogP contribution < -0.4 is 0 Å². The molecule has 426 valence electrons. The Kier molecular flexibility index (Phi) is 107. The van der Waals surface area contributed by atoms with Crippen molar-refractivity contribution in [3.8, 4) is 357 Å². The van der Waals surface area contributed by atoms with Crippen LogP contribution in [0.4, 0.5) is 0 Å². The summed E-state index contributed by atoms with van der Waals surface area (Å²) in [4.78, 5) is 11.6. The fraction of sp³-hybridized carbons (Fsp3) is 0.216. The van der Waals surface area contributed by atoms with E-state index in [1.807, 2.05) is 30.6 Å². The molecule has 2 heteroatoms. The number of rotatable bonds is 0. The van der Waals surface area contributed by atoms with Crippen LogP contribution in [0.25, 0.3) is 0 Å². The summed E-state index contributed by atoms with van der Waals surface area (Å²) < 4.78 is 5.41. The molecule has 0 saturated carbocycles. The molecular weight excluding hydrogens is 1090 g/mol. The van der Waals surface area contributed by atoms with Crippen LogP contribution in [0.3, 0.4) is 0 Å². The lowest BCUT2D eigenvalue weighted by Crippen LogP contribution is -2.14. The van der Waals surface area contributed by atoms with Crippen molar-refractivity contribution >= 4 is 5.97 Å². The van der Waals surface area contributed by atoms with E-state index in [1.165, 1.54) is 64.2 Å². The first-order valence-corrected chi connectivity index (χ1v) is 25.6. The summed E-state index contributed by atoms with van der Waals surface area (Å²) in [6.45, 7) is 22.0. The molecule has 0 aromatic rings. The molecule has 90 heavy (non-hydrogen) atoms. The Hall–Kier alpha value is -15.1. The quantitative estimate of drug-likeness (QED) is 0.138. The third-order valence-corrected chi connectivity index (χ3v) is 7.30. The number of ether oxygens (including phenoxy) is 1. The van der Waals surface area contributed by atoms with E-state index in [-0.39, 0.29) is 12.1 Å². The summed E-state index contributed by atoms with van der Waals surface area (Å²) in [5.41, 5.74) is 0. The monoisotopic (exact) mass is 1140 g/mol. The van der Waals surface area contributed by atoms with Crippen LogP contribution >= 0.6 is 0 Å². The summed E-state index contributed by atoms with van der Waals surface area (Å²) in [7, 11) is 0. The fourth-order valence-electron chi connectivity index (χ4n) is 4.09. The average Bonchev–Trinajstić information content (AvgIpc) is 3.70. The Balaban J connectivity index is -0.000000146. The molecule has 0 spiro atoms. The minimum absolute atomic E-state index is 0.00888. The van der Waals surface area contributed by atoms with Crippen LogP contribution in [0.5, 0.6) is 0 Å².